The molecule has 2 nitrogen and oxygen atoms in total. The van der Waals surface area contributed by atoms with E-state index in [1.54, 1.807) is 11.8 Å². The molecule has 0 amide bonds. The van der Waals surface area contributed by atoms with Crippen molar-refractivity contribution in [1.82, 2.24) is 0 Å². The first-order valence-electron chi connectivity index (χ1n) is 6.21. The van der Waals surface area contributed by atoms with Gasteiger partial charge in [0.15, 0.2) is 5.17 Å². The minimum atomic E-state index is 0.906. The smallest absolute Gasteiger partial charge is 0.165 e. The Hall–Kier alpha value is -1.74. The van der Waals surface area contributed by atoms with Crippen molar-refractivity contribution in [3.63, 3.8) is 0 Å². The number of hydrogen-bond acceptors (Lipinski definition) is 2. The first-order valence-corrected chi connectivity index (χ1v) is 7.44. The summed E-state index contributed by atoms with van der Waals surface area (Å²) in [5, 5.41) is 4.29. The Balaban J connectivity index is 2.26. The molecule has 0 aliphatic rings. The number of aliphatic imine (C=N–C) groups is 1. The lowest BCUT2D eigenvalue weighted by atomic mass is 10.2. The van der Waals surface area contributed by atoms with Crippen LogP contribution in [0.2, 0.25) is 0 Å². The van der Waals surface area contributed by atoms with Crippen LogP contribution in [0.25, 0.3) is 0 Å². The summed E-state index contributed by atoms with van der Waals surface area (Å²) in [6, 6.07) is 16.4. The Kier molecular flexibility index (Phi) is 4.63. The summed E-state index contributed by atoms with van der Waals surface area (Å²) in [5.74, 6) is 0. The van der Waals surface area contributed by atoms with E-state index in [0.29, 0.717) is 0 Å². The number of para-hydroxylation sites is 2. The molecule has 0 aromatic heterocycles. The maximum Gasteiger partial charge on any atom is 0.165 e. The Morgan fingerprint density at radius 3 is 2.21 bits per heavy atom. The molecule has 2 aromatic carbocycles. The van der Waals surface area contributed by atoms with Gasteiger partial charge in [0.25, 0.3) is 0 Å². The molecule has 1 N–H and O–H groups in total. The highest BCUT2D eigenvalue weighted by atomic mass is 32.2. The van der Waals surface area contributed by atoms with Crippen LogP contribution >= 0.6 is 11.8 Å². The van der Waals surface area contributed by atoms with E-state index in [1.165, 1.54) is 11.1 Å². The van der Waals surface area contributed by atoms with Crippen LogP contribution in [0.5, 0.6) is 0 Å². The highest BCUT2D eigenvalue weighted by molar-refractivity contribution is 8.13. The van der Waals surface area contributed by atoms with E-state index < -0.39 is 0 Å². The van der Waals surface area contributed by atoms with Gasteiger partial charge in [0.1, 0.15) is 0 Å². The van der Waals surface area contributed by atoms with Crippen LogP contribution in [0, 0.1) is 13.8 Å². The second-order valence-electron chi connectivity index (χ2n) is 4.35. The van der Waals surface area contributed by atoms with Crippen LogP contribution < -0.4 is 5.32 Å². The molecule has 0 spiro atoms. The van der Waals surface area contributed by atoms with E-state index >= 15 is 0 Å². The largest absolute Gasteiger partial charge is 0.334 e. The molecule has 3 heteroatoms. The van der Waals surface area contributed by atoms with Crippen LogP contribution in [0.1, 0.15) is 11.1 Å². The number of aryl methyl sites for hydroxylation is 2. The summed E-state index contributed by atoms with van der Waals surface area (Å²) < 4.78 is 0. The molecule has 0 heterocycles. The number of rotatable bonds is 2. The molecule has 2 aromatic rings. The number of nitrogens with zero attached hydrogens (tertiary/aromatic N) is 1. The monoisotopic (exact) mass is 270 g/mol. The topological polar surface area (TPSA) is 24.4 Å². The van der Waals surface area contributed by atoms with Crippen molar-refractivity contribution in [2.24, 2.45) is 4.99 Å². The summed E-state index contributed by atoms with van der Waals surface area (Å²) in [4.78, 5) is 4.68. The van der Waals surface area contributed by atoms with Gasteiger partial charge < -0.3 is 5.32 Å². The van der Waals surface area contributed by atoms with Crippen molar-refractivity contribution >= 4 is 28.3 Å². The van der Waals surface area contributed by atoms with Crippen LogP contribution in [0.3, 0.4) is 0 Å². The lowest BCUT2D eigenvalue weighted by Gasteiger charge is -2.10. The van der Waals surface area contributed by atoms with Crippen LogP contribution in [-0.4, -0.2) is 11.4 Å². The zero-order chi connectivity index (χ0) is 13.7. The van der Waals surface area contributed by atoms with Crippen molar-refractivity contribution in [3.8, 4) is 0 Å². The lowest BCUT2D eigenvalue weighted by Crippen LogP contribution is -2.07. The second kappa shape index (κ2) is 6.43. The van der Waals surface area contributed by atoms with Crippen molar-refractivity contribution in [3.05, 3.63) is 59.7 Å². The summed E-state index contributed by atoms with van der Waals surface area (Å²) in [5.41, 5.74) is 4.51. The molecule has 0 saturated heterocycles. The molecule has 0 bridgehead atoms. The van der Waals surface area contributed by atoms with Gasteiger partial charge in [-0.1, -0.05) is 48.2 Å². The average molecular weight is 270 g/mol. The van der Waals surface area contributed by atoms with Crippen molar-refractivity contribution in [2.75, 3.05) is 11.6 Å². The molecule has 98 valence electrons. The summed E-state index contributed by atoms with van der Waals surface area (Å²) in [6.45, 7) is 4.17. The maximum absolute atomic E-state index is 4.68. The molecule has 2 rings (SSSR count). The third-order valence-electron chi connectivity index (χ3n) is 2.92. The molecular weight excluding hydrogens is 252 g/mol. The van der Waals surface area contributed by atoms with Crippen LogP contribution in [0.15, 0.2) is 53.5 Å². The quantitative estimate of drug-likeness (QED) is 0.628. The minimum absolute atomic E-state index is 0.906. The van der Waals surface area contributed by atoms with E-state index in [2.05, 4.69) is 42.4 Å². The SMILES string of the molecule is CS/C(=N\c1ccccc1C)Nc1ccccc1C. The Labute approximate surface area is 119 Å². The van der Waals surface area contributed by atoms with Crippen molar-refractivity contribution < 1.29 is 0 Å². The number of amidine groups is 1. The predicted molar refractivity (Wildman–Crippen MR) is 86.6 cm³/mol. The number of benzene rings is 2. The molecule has 19 heavy (non-hydrogen) atoms. The molecule has 0 radical (unpaired) electrons. The number of anilines is 1. The molecule has 0 atom stereocenters. The van der Waals surface area contributed by atoms with Crippen LogP contribution in [-0.2, 0) is 0 Å². The summed E-state index contributed by atoms with van der Waals surface area (Å²) in [6.07, 6.45) is 2.03. The maximum atomic E-state index is 4.68. The molecule has 0 aliphatic heterocycles. The number of thioether (sulfide) groups is 1. The first-order chi connectivity index (χ1) is 9.20. The number of nitrogens with one attached hydrogen (secondary N) is 1. The lowest BCUT2D eigenvalue weighted by molar-refractivity contribution is 1.39. The minimum Gasteiger partial charge on any atom is -0.334 e. The van der Waals surface area contributed by atoms with E-state index in [1.807, 2.05) is 36.6 Å². The Bertz CT molecular complexity index is 591. The molecule has 0 unspecified atom stereocenters. The zero-order valence-electron chi connectivity index (χ0n) is 11.5. The standard InChI is InChI=1S/C16H18N2S/c1-12-8-4-6-10-14(12)17-16(19-3)18-15-11-7-5-9-13(15)2/h4-11H,1-3H3,(H,17,18). The highest BCUT2D eigenvalue weighted by Crippen LogP contribution is 2.21. The third kappa shape index (κ3) is 3.61. The van der Waals surface area contributed by atoms with Gasteiger partial charge in [-0.25, -0.2) is 4.99 Å². The van der Waals surface area contributed by atoms with Gasteiger partial charge in [-0.3, -0.25) is 0 Å². The fraction of sp³-hybridized carbons (Fsp3) is 0.188. The Morgan fingerprint density at radius 1 is 0.947 bits per heavy atom. The summed E-state index contributed by atoms with van der Waals surface area (Å²) in [7, 11) is 0. The van der Waals surface area contributed by atoms with Gasteiger partial charge in [0.05, 0.1) is 5.69 Å². The van der Waals surface area contributed by atoms with E-state index in [9.17, 15) is 0 Å². The van der Waals surface area contributed by atoms with Crippen LogP contribution in [0.4, 0.5) is 11.4 Å². The van der Waals surface area contributed by atoms with Gasteiger partial charge in [0, 0.05) is 5.69 Å². The van der Waals surface area contributed by atoms with E-state index in [4.69, 9.17) is 0 Å². The number of hydrogen-bond donors (Lipinski definition) is 1. The van der Waals surface area contributed by atoms with Gasteiger partial charge in [0.2, 0.25) is 0 Å². The van der Waals surface area contributed by atoms with Gasteiger partial charge in [-0.05, 0) is 43.4 Å². The second-order valence-corrected chi connectivity index (χ2v) is 5.14. The fourth-order valence-electron chi connectivity index (χ4n) is 1.75. The van der Waals surface area contributed by atoms with Gasteiger partial charge in [-0.2, -0.15) is 0 Å². The first kappa shape index (κ1) is 13.7. The molecule has 0 aliphatic carbocycles. The average Bonchev–Trinajstić information content (AvgIpc) is 2.42. The fourth-order valence-corrected chi connectivity index (χ4v) is 2.15. The molecule has 0 saturated carbocycles. The van der Waals surface area contributed by atoms with E-state index in [0.717, 1.165) is 16.5 Å². The molecular formula is C16H18N2S. The van der Waals surface area contributed by atoms with Gasteiger partial charge >= 0.3 is 0 Å². The predicted octanol–water partition coefficient (Wildman–Crippen LogP) is 4.77. The van der Waals surface area contributed by atoms with Gasteiger partial charge in [-0.15, -0.1) is 0 Å². The normalized spacial score (nSPS) is 11.4. The Morgan fingerprint density at radius 2 is 1.58 bits per heavy atom. The third-order valence-corrected chi connectivity index (χ3v) is 3.50. The highest BCUT2D eigenvalue weighted by Gasteiger charge is 2.02. The van der Waals surface area contributed by atoms with Crippen molar-refractivity contribution in [2.45, 2.75) is 13.8 Å². The zero-order valence-corrected chi connectivity index (χ0v) is 12.3. The van der Waals surface area contributed by atoms with Crippen molar-refractivity contribution in [1.29, 1.82) is 0 Å². The van der Waals surface area contributed by atoms with E-state index in [-0.39, 0.29) is 0 Å². The summed E-state index contributed by atoms with van der Waals surface area (Å²) >= 11 is 1.62. The molecule has 0 fully saturated rings.